The molecule has 0 spiro atoms. The van der Waals surface area contributed by atoms with Crippen LogP contribution in [0, 0.1) is 0 Å². The summed E-state index contributed by atoms with van der Waals surface area (Å²) in [5.41, 5.74) is -0.358. The van der Waals surface area contributed by atoms with E-state index in [4.69, 9.17) is 5.11 Å². The number of amides is 1. The summed E-state index contributed by atoms with van der Waals surface area (Å²) in [7, 11) is 0. The van der Waals surface area contributed by atoms with Gasteiger partial charge in [0.25, 0.3) is 11.5 Å². The van der Waals surface area contributed by atoms with Crippen LogP contribution in [0.4, 0.5) is 0 Å². The van der Waals surface area contributed by atoms with E-state index in [2.05, 4.69) is 10.2 Å². The molecule has 18 heavy (non-hydrogen) atoms. The van der Waals surface area contributed by atoms with Gasteiger partial charge in [0, 0.05) is 24.1 Å². The van der Waals surface area contributed by atoms with Gasteiger partial charge in [0.05, 0.1) is 0 Å². The van der Waals surface area contributed by atoms with Crippen molar-refractivity contribution in [3.05, 3.63) is 28.2 Å². The van der Waals surface area contributed by atoms with E-state index < -0.39 is 23.5 Å². The lowest BCUT2D eigenvalue weighted by molar-refractivity contribution is -0.141. The van der Waals surface area contributed by atoms with Crippen LogP contribution in [0.3, 0.4) is 0 Å². The lowest BCUT2D eigenvalue weighted by Crippen LogP contribution is -2.50. The van der Waals surface area contributed by atoms with Crippen LogP contribution in [0.25, 0.3) is 0 Å². The number of hydrogen-bond acceptors (Lipinski definition) is 5. The molecule has 1 aromatic rings. The molecule has 1 aliphatic rings. The zero-order valence-corrected chi connectivity index (χ0v) is 10.1. The second-order valence-electron chi connectivity index (χ2n) is 3.73. The quantitative estimate of drug-likeness (QED) is 0.744. The van der Waals surface area contributed by atoms with E-state index in [0.29, 0.717) is 18.1 Å². The van der Waals surface area contributed by atoms with Crippen LogP contribution in [0.5, 0.6) is 0 Å². The average Bonchev–Trinajstić information content (AvgIpc) is 2.39. The minimum atomic E-state index is -1.03. The van der Waals surface area contributed by atoms with Crippen molar-refractivity contribution >= 4 is 23.6 Å². The number of rotatable bonds is 2. The first kappa shape index (κ1) is 12.6. The molecular formula is C10H11N3O4S. The van der Waals surface area contributed by atoms with Gasteiger partial charge in [0.15, 0.2) is 0 Å². The number of carboxylic acid groups (broad SMARTS) is 1. The fraction of sp³-hybridized carbons (Fsp3) is 0.400. The maximum Gasteiger partial charge on any atom is 0.327 e. The second-order valence-corrected chi connectivity index (χ2v) is 4.88. The minimum absolute atomic E-state index is 0.0488. The normalized spacial score (nSPS) is 19.6. The van der Waals surface area contributed by atoms with E-state index in [1.54, 1.807) is 0 Å². The zero-order valence-electron chi connectivity index (χ0n) is 9.33. The summed E-state index contributed by atoms with van der Waals surface area (Å²) < 4.78 is 0. The molecule has 2 N–H and O–H groups in total. The Kier molecular flexibility index (Phi) is 3.66. The summed E-state index contributed by atoms with van der Waals surface area (Å²) in [6.45, 7) is 0.362. The van der Waals surface area contributed by atoms with Gasteiger partial charge in [0.2, 0.25) is 0 Å². The number of carboxylic acids is 1. The van der Waals surface area contributed by atoms with Crippen molar-refractivity contribution in [2.45, 2.75) is 6.04 Å². The van der Waals surface area contributed by atoms with E-state index >= 15 is 0 Å². The van der Waals surface area contributed by atoms with Gasteiger partial charge in [-0.2, -0.15) is 16.9 Å². The molecule has 1 unspecified atom stereocenters. The van der Waals surface area contributed by atoms with E-state index in [0.717, 1.165) is 0 Å². The van der Waals surface area contributed by atoms with Gasteiger partial charge >= 0.3 is 5.97 Å². The molecule has 1 aliphatic heterocycles. The second kappa shape index (κ2) is 5.21. The Morgan fingerprint density at radius 1 is 1.50 bits per heavy atom. The number of nitrogens with one attached hydrogen (secondary N) is 1. The monoisotopic (exact) mass is 269 g/mol. The van der Waals surface area contributed by atoms with Gasteiger partial charge in [-0.05, 0) is 6.07 Å². The van der Waals surface area contributed by atoms with Crippen molar-refractivity contribution in [3.8, 4) is 0 Å². The van der Waals surface area contributed by atoms with Crippen molar-refractivity contribution in [1.29, 1.82) is 0 Å². The summed E-state index contributed by atoms with van der Waals surface area (Å²) in [6.07, 6.45) is 0. The molecule has 1 aromatic heterocycles. The third-order valence-corrected chi connectivity index (χ3v) is 3.60. The third kappa shape index (κ3) is 2.53. The molecule has 0 aliphatic carbocycles. The fourth-order valence-electron chi connectivity index (χ4n) is 1.66. The number of H-pyrrole nitrogens is 1. The molecule has 1 saturated heterocycles. The molecule has 96 valence electrons. The maximum atomic E-state index is 12.1. The number of aromatic nitrogens is 2. The Labute approximate surface area is 106 Å². The molecule has 0 aromatic carbocycles. The van der Waals surface area contributed by atoms with E-state index in [1.165, 1.54) is 28.8 Å². The molecule has 8 heteroatoms. The number of carbonyl (C=O) groups excluding carboxylic acids is 1. The number of hydrogen-bond donors (Lipinski definition) is 2. The maximum absolute atomic E-state index is 12.1. The SMILES string of the molecule is O=C(O)C1CSCCN1C(=O)c1ccc(=O)[nH]n1. The Morgan fingerprint density at radius 2 is 2.28 bits per heavy atom. The first-order valence-corrected chi connectivity index (χ1v) is 6.42. The summed E-state index contributed by atoms with van der Waals surface area (Å²) >= 11 is 1.50. The van der Waals surface area contributed by atoms with Gasteiger partial charge in [-0.1, -0.05) is 0 Å². The molecule has 2 heterocycles. The number of thioether (sulfide) groups is 1. The molecular weight excluding hydrogens is 258 g/mol. The van der Waals surface area contributed by atoms with E-state index in [9.17, 15) is 14.4 Å². The highest BCUT2D eigenvalue weighted by molar-refractivity contribution is 7.99. The number of nitrogens with zero attached hydrogens (tertiary/aromatic N) is 2. The summed E-state index contributed by atoms with van der Waals surface area (Å²) in [5, 5.41) is 14.8. The molecule has 7 nitrogen and oxygen atoms in total. The average molecular weight is 269 g/mol. The minimum Gasteiger partial charge on any atom is -0.480 e. The van der Waals surface area contributed by atoms with E-state index in [1.807, 2.05) is 0 Å². The van der Waals surface area contributed by atoms with Crippen molar-refractivity contribution in [1.82, 2.24) is 15.1 Å². The van der Waals surface area contributed by atoms with Crippen molar-refractivity contribution in [3.63, 3.8) is 0 Å². The smallest absolute Gasteiger partial charge is 0.327 e. The third-order valence-electron chi connectivity index (χ3n) is 2.57. The summed E-state index contributed by atoms with van der Waals surface area (Å²) in [6, 6.07) is 1.64. The summed E-state index contributed by atoms with van der Waals surface area (Å²) in [5.74, 6) is -0.442. The van der Waals surface area contributed by atoms with Crippen LogP contribution in [0.2, 0.25) is 0 Å². The van der Waals surface area contributed by atoms with Gasteiger partial charge in [-0.25, -0.2) is 9.89 Å². The van der Waals surface area contributed by atoms with Gasteiger partial charge in [-0.15, -0.1) is 0 Å². The van der Waals surface area contributed by atoms with Crippen LogP contribution in [-0.2, 0) is 4.79 Å². The molecule has 0 radical (unpaired) electrons. The Bertz CT molecular complexity index is 510. The predicted molar refractivity (Wildman–Crippen MR) is 64.6 cm³/mol. The van der Waals surface area contributed by atoms with Crippen LogP contribution in [-0.4, -0.2) is 56.2 Å². The lowest BCUT2D eigenvalue weighted by Gasteiger charge is -2.32. The van der Waals surface area contributed by atoms with Crippen molar-refractivity contribution in [2.24, 2.45) is 0 Å². The number of aliphatic carboxylic acids is 1. The molecule has 0 bridgehead atoms. The van der Waals surface area contributed by atoms with E-state index in [-0.39, 0.29) is 5.69 Å². The molecule has 1 atom stereocenters. The van der Waals surface area contributed by atoms with Crippen LogP contribution in [0.15, 0.2) is 16.9 Å². The molecule has 2 rings (SSSR count). The number of aromatic amines is 1. The van der Waals surface area contributed by atoms with Gasteiger partial charge in [0.1, 0.15) is 11.7 Å². The highest BCUT2D eigenvalue weighted by atomic mass is 32.2. The van der Waals surface area contributed by atoms with Crippen LogP contribution >= 0.6 is 11.8 Å². The molecule has 1 fully saturated rings. The van der Waals surface area contributed by atoms with Crippen molar-refractivity contribution < 1.29 is 14.7 Å². The highest BCUT2D eigenvalue weighted by Crippen LogP contribution is 2.18. The Balaban J connectivity index is 2.23. The number of carbonyl (C=O) groups is 2. The predicted octanol–water partition coefficient (Wildman–Crippen LogP) is -0.588. The van der Waals surface area contributed by atoms with Gasteiger partial charge < -0.3 is 10.0 Å². The van der Waals surface area contributed by atoms with Crippen molar-refractivity contribution in [2.75, 3.05) is 18.1 Å². The zero-order chi connectivity index (χ0) is 13.1. The lowest BCUT2D eigenvalue weighted by atomic mass is 10.2. The first-order valence-electron chi connectivity index (χ1n) is 5.27. The first-order chi connectivity index (χ1) is 8.59. The fourth-order valence-corrected chi connectivity index (χ4v) is 2.70. The molecule has 0 saturated carbocycles. The topological polar surface area (TPSA) is 103 Å². The highest BCUT2D eigenvalue weighted by Gasteiger charge is 2.33. The molecule has 1 amide bonds. The Hall–Kier alpha value is -1.83. The standard InChI is InChI=1S/C10H11N3O4S/c14-8-2-1-6(11-12-8)9(15)13-3-4-18-5-7(13)10(16)17/h1-2,7H,3-5H2,(H,12,14)(H,16,17). The summed E-state index contributed by atoms with van der Waals surface area (Å²) in [4.78, 5) is 35.3. The van der Waals surface area contributed by atoms with Crippen LogP contribution in [0.1, 0.15) is 10.5 Å². The Morgan fingerprint density at radius 3 is 2.89 bits per heavy atom. The largest absolute Gasteiger partial charge is 0.480 e. The van der Waals surface area contributed by atoms with Crippen LogP contribution < -0.4 is 5.56 Å². The van der Waals surface area contributed by atoms with Gasteiger partial charge in [-0.3, -0.25) is 9.59 Å².